The second kappa shape index (κ2) is 9.27. The van der Waals surface area contributed by atoms with Crippen LogP contribution in [0.25, 0.3) is 16.9 Å². The lowest BCUT2D eigenvalue weighted by Crippen LogP contribution is -2.31. The number of halogens is 1. The van der Waals surface area contributed by atoms with Gasteiger partial charge in [0.15, 0.2) is 5.65 Å². The van der Waals surface area contributed by atoms with E-state index >= 15 is 0 Å². The first-order valence-electron chi connectivity index (χ1n) is 9.58. The summed E-state index contributed by atoms with van der Waals surface area (Å²) in [5.74, 6) is 0.225. The number of aromatic nitrogens is 3. The first-order valence-corrected chi connectivity index (χ1v) is 9.96. The summed E-state index contributed by atoms with van der Waals surface area (Å²) in [4.78, 5) is 26.9. The zero-order chi connectivity index (χ0) is 21.6. The normalized spacial score (nSPS) is 10.6. The molecule has 2 aromatic carbocycles. The number of amides is 2. The minimum Gasteiger partial charge on any atom is -0.357 e. The van der Waals surface area contributed by atoms with Crippen LogP contribution in [-0.2, 0) is 4.79 Å². The zero-order valence-corrected chi connectivity index (χ0v) is 17.1. The van der Waals surface area contributed by atoms with Crippen LogP contribution in [0.1, 0.15) is 10.4 Å². The Hall–Kier alpha value is -3.91. The second-order valence-corrected chi connectivity index (χ2v) is 7.09. The van der Waals surface area contributed by atoms with Gasteiger partial charge in [-0.05, 0) is 48.5 Å². The number of carbonyl (C=O) groups is 2. The highest BCUT2D eigenvalue weighted by molar-refractivity contribution is 6.30. The molecule has 0 saturated carbocycles. The van der Waals surface area contributed by atoms with E-state index in [1.807, 2.05) is 42.5 Å². The predicted octanol–water partition coefficient (Wildman–Crippen LogP) is 3.27. The smallest absolute Gasteiger partial charge is 0.251 e. The van der Waals surface area contributed by atoms with Gasteiger partial charge in [-0.15, -0.1) is 5.10 Å². The quantitative estimate of drug-likeness (QED) is 0.292. The van der Waals surface area contributed by atoms with Crippen molar-refractivity contribution in [2.45, 2.75) is 0 Å². The molecule has 156 valence electrons. The van der Waals surface area contributed by atoms with E-state index in [0.29, 0.717) is 41.7 Å². The van der Waals surface area contributed by atoms with Crippen molar-refractivity contribution < 1.29 is 9.59 Å². The van der Waals surface area contributed by atoms with Crippen molar-refractivity contribution in [1.82, 2.24) is 25.2 Å². The van der Waals surface area contributed by atoms with E-state index < -0.39 is 0 Å². The Morgan fingerprint density at radius 2 is 1.84 bits per heavy atom. The lowest BCUT2D eigenvalue weighted by molar-refractivity contribution is -0.109. The summed E-state index contributed by atoms with van der Waals surface area (Å²) in [5.41, 5.74) is 3.77. The van der Waals surface area contributed by atoms with E-state index in [9.17, 15) is 9.59 Å². The monoisotopic (exact) mass is 434 g/mol. The number of nitrogens with zero attached hydrogens (tertiary/aromatic N) is 3. The standard InChI is InChI=1S/C22H19ClN6O2/c23-17-4-1-3-16(13-17)19-5-2-6-20-27-22(28-29(19)20)26-18-9-7-15(8-10-18)21(31)25-12-11-24-14-30/h1-10,13-14H,11-12H2,(H,24,30)(H,25,31)(H,26,28). The fourth-order valence-corrected chi connectivity index (χ4v) is 3.26. The summed E-state index contributed by atoms with van der Waals surface area (Å²) in [6.07, 6.45) is 0.595. The van der Waals surface area contributed by atoms with Crippen LogP contribution in [0, 0.1) is 0 Å². The molecule has 0 fully saturated rings. The van der Waals surface area contributed by atoms with E-state index in [1.165, 1.54) is 0 Å². The van der Waals surface area contributed by atoms with Gasteiger partial charge in [-0.1, -0.05) is 29.8 Å². The number of fused-ring (bicyclic) bond motifs is 1. The van der Waals surface area contributed by atoms with E-state index in [2.05, 4.69) is 26.0 Å². The molecule has 2 amide bonds. The average Bonchev–Trinajstić information content (AvgIpc) is 3.19. The van der Waals surface area contributed by atoms with Crippen LogP contribution in [-0.4, -0.2) is 40.0 Å². The van der Waals surface area contributed by atoms with E-state index in [0.717, 1.165) is 16.9 Å². The second-order valence-electron chi connectivity index (χ2n) is 6.66. The van der Waals surface area contributed by atoms with Gasteiger partial charge >= 0.3 is 0 Å². The summed E-state index contributed by atoms with van der Waals surface area (Å²) in [6, 6.07) is 20.3. The van der Waals surface area contributed by atoms with E-state index in [1.54, 1.807) is 28.8 Å². The molecule has 9 heteroatoms. The molecule has 0 atom stereocenters. The van der Waals surface area contributed by atoms with Gasteiger partial charge in [0, 0.05) is 34.9 Å². The van der Waals surface area contributed by atoms with Gasteiger partial charge in [-0.25, -0.2) is 4.52 Å². The molecule has 0 aliphatic rings. The Balaban J connectivity index is 1.49. The minimum absolute atomic E-state index is 0.212. The molecule has 2 aromatic heterocycles. The Morgan fingerprint density at radius 1 is 1.03 bits per heavy atom. The van der Waals surface area contributed by atoms with Crippen molar-refractivity contribution in [2.75, 3.05) is 18.4 Å². The fraction of sp³-hybridized carbons (Fsp3) is 0.0909. The van der Waals surface area contributed by atoms with Gasteiger partial charge in [-0.2, -0.15) is 4.98 Å². The molecule has 3 N–H and O–H groups in total. The first-order chi connectivity index (χ1) is 15.1. The van der Waals surface area contributed by atoms with Crippen molar-refractivity contribution in [3.63, 3.8) is 0 Å². The molecule has 4 rings (SSSR count). The third kappa shape index (κ3) is 4.81. The maximum absolute atomic E-state index is 12.1. The molecule has 0 aliphatic carbocycles. The molecule has 8 nitrogen and oxygen atoms in total. The van der Waals surface area contributed by atoms with Crippen molar-refractivity contribution >= 4 is 41.2 Å². The molecule has 0 aliphatic heterocycles. The number of hydrogen-bond donors (Lipinski definition) is 3. The number of rotatable bonds is 8. The Bertz CT molecular complexity index is 1220. The zero-order valence-electron chi connectivity index (χ0n) is 16.4. The molecular formula is C22H19ClN6O2. The number of hydrogen-bond acceptors (Lipinski definition) is 5. The number of pyridine rings is 1. The van der Waals surface area contributed by atoms with Gasteiger partial charge in [0.1, 0.15) is 0 Å². The van der Waals surface area contributed by atoms with E-state index in [4.69, 9.17) is 11.6 Å². The predicted molar refractivity (Wildman–Crippen MR) is 120 cm³/mol. The lowest BCUT2D eigenvalue weighted by atomic mass is 10.1. The van der Waals surface area contributed by atoms with Gasteiger partial charge in [0.2, 0.25) is 12.4 Å². The van der Waals surface area contributed by atoms with E-state index in [-0.39, 0.29) is 5.91 Å². The van der Waals surface area contributed by atoms with Crippen LogP contribution in [0.5, 0.6) is 0 Å². The summed E-state index contributed by atoms with van der Waals surface area (Å²) in [7, 11) is 0. The number of benzene rings is 2. The number of anilines is 2. The van der Waals surface area contributed by atoms with Crippen LogP contribution in [0.15, 0.2) is 66.7 Å². The molecule has 0 spiro atoms. The van der Waals surface area contributed by atoms with Crippen molar-refractivity contribution in [2.24, 2.45) is 0 Å². The molecule has 2 heterocycles. The largest absolute Gasteiger partial charge is 0.357 e. The van der Waals surface area contributed by atoms with Crippen molar-refractivity contribution in [3.8, 4) is 11.3 Å². The average molecular weight is 435 g/mol. The summed E-state index contributed by atoms with van der Waals surface area (Å²) < 4.78 is 1.75. The Labute approximate surface area is 183 Å². The Kier molecular flexibility index (Phi) is 6.09. The number of nitrogens with one attached hydrogen (secondary N) is 3. The van der Waals surface area contributed by atoms with Gasteiger partial charge in [0.05, 0.1) is 5.69 Å². The van der Waals surface area contributed by atoms with Crippen LogP contribution >= 0.6 is 11.6 Å². The van der Waals surface area contributed by atoms with Gasteiger partial charge in [-0.3, -0.25) is 9.59 Å². The first kappa shape index (κ1) is 20.4. The molecule has 31 heavy (non-hydrogen) atoms. The lowest BCUT2D eigenvalue weighted by Gasteiger charge is -2.06. The van der Waals surface area contributed by atoms with Gasteiger partial charge < -0.3 is 16.0 Å². The highest BCUT2D eigenvalue weighted by Crippen LogP contribution is 2.24. The highest BCUT2D eigenvalue weighted by atomic mass is 35.5. The van der Waals surface area contributed by atoms with Gasteiger partial charge in [0.25, 0.3) is 5.91 Å². The SMILES string of the molecule is O=CNCCNC(=O)c1ccc(Nc2nc3cccc(-c4cccc(Cl)c4)n3n2)cc1. The molecule has 0 unspecified atom stereocenters. The topological polar surface area (TPSA) is 100 Å². The maximum Gasteiger partial charge on any atom is 0.251 e. The molecule has 4 aromatic rings. The molecule has 0 radical (unpaired) electrons. The van der Waals surface area contributed by atoms with Crippen LogP contribution in [0.3, 0.4) is 0 Å². The summed E-state index contributed by atoms with van der Waals surface area (Å²) in [5, 5.41) is 13.6. The van der Waals surface area contributed by atoms with Crippen LogP contribution in [0.4, 0.5) is 11.6 Å². The third-order valence-corrected chi connectivity index (χ3v) is 4.76. The minimum atomic E-state index is -0.212. The Morgan fingerprint density at radius 3 is 2.61 bits per heavy atom. The molecular weight excluding hydrogens is 416 g/mol. The molecule has 0 bridgehead atoms. The molecule has 0 saturated heterocycles. The maximum atomic E-state index is 12.1. The summed E-state index contributed by atoms with van der Waals surface area (Å²) in [6.45, 7) is 0.739. The third-order valence-electron chi connectivity index (χ3n) is 4.52. The highest BCUT2D eigenvalue weighted by Gasteiger charge is 2.10. The number of carbonyl (C=O) groups excluding carboxylic acids is 2. The van der Waals surface area contributed by atoms with Crippen molar-refractivity contribution in [1.29, 1.82) is 0 Å². The summed E-state index contributed by atoms with van der Waals surface area (Å²) >= 11 is 6.13. The van der Waals surface area contributed by atoms with Crippen LogP contribution in [0.2, 0.25) is 5.02 Å². The van der Waals surface area contributed by atoms with Crippen LogP contribution < -0.4 is 16.0 Å². The van der Waals surface area contributed by atoms with Crippen molar-refractivity contribution in [3.05, 3.63) is 77.3 Å². The fourth-order valence-electron chi connectivity index (χ4n) is 3.07.